The number of aryl methyl sites for hydroxylation is 2. The Balaban J connectivity index is 2.07. The first-order valence-electron chi connectivity index (χ1n) is 6.06. The number of benzene rings is 2. The Morgan fingerprint density at radius 2 is 1.85 bits per heavy atom. The Labute approximate surface area is 128 Å². The lowest BCUT2D eigenvalue weighted by Crippen LogP contribution is -2.19. The van der Waals surface area contributed by atoms with Crippen LogP contribution < -0.4 is 10.6 Å². The molecule has 5 heteroatoms. The monoisotopic (exact) mass is 308 g/mol. The molecule has 0 saturated heterocycles. The molecule has 2 aromatic carbocycles. The zero-order chi connectivity index (χ0) is 14.7. The van der Waals surface area contributed by atoms with E-state index in [1.54, 1.807) is 19.1 Å². The summed E-state index contributed by atoms with van der Waals surface area (Å²) in [5, 5.41) is 6.86. The Hall–Kier alpha value is -1.65. The van der Waals surface area contributed by atoms with Gasteiger partial charge in [0.1, 0.15) is 5.82 Å². The van der Waals surface area contributed by atoms with Gasteiger partial charge < -0.3 is 10.6 Å². The summed E-state index contributed by atoms with van der Waals surface area (Å²) < 4.78 is 13.4. The maximum Gasteiger partial charge on any atom is 0.175 e. The molecule has 2 nitrogen and oxygen atoms in total. The fourth-order valence-electron chi connectivity index (χ4n) is 1.68. The topological polar surface area (TPSA) is 24.1 Å². The van der Waals surface area contributed by atoms with Crippen molar-refractivity contribution in [2.24, 2.45) is 0 Å². The van der Waals surface area contributed by atoms with Gasteiger partial charge in [-0.15, -0.1) is 0 Å². The van der Waals surface area contributed by atoms with Gasteiger partial charge in [-0.2, -0.15) is 0 Å². The molecule has 0 amide bonds. The molecule has 20 heavy (non-hydrogen) atoms. The first-order chi connectivity index (χ1) is 9.45. The molecule has 0 bridgehead atoms. The SMILES string of the molecule is Cc1ccc(NC(=S)Nc2ccc(C)c(F)c2)c(Cl)c1. The van der Waals surface area contributed by atoms with E-state index in [2.05, 4.69) is 10.6 Å². The summed E-state index contributed by atoms with van der Waals surface area (Å²) >= 11 is 11.3. The Morgan fingerprint density at radius 1 is 1.10 bits per heavy atom. The van der Waals surface area contributed by atoms with Gasteiger partial charge in [-0.3, -0.25) is 0 Å². The van der Waals surface area contributed by atoms with E-state index in [9.17, 15) is 4.39 Å². The highest BCUT2D eigenvalue weighted by Crippen LogP contribution is 2.23. The molecule has 0 aliphatic rings. The molecule has 0 fully saturated rings. The number of thiocarbonyl (C=S) groups is 1. The average molecular weight is 309 g/mol. The van der Waals surface area contributed by atoms with Gasteiger partial charge in [-0.05, 0) is 61.5 Å². The van der Waals surface area contributed by atoms with Gasteiger partial charge in [-0.25, -0.2) is 4.39 Å². The van der Waals surface area contributed by atoms with E-state index < -0.39 is 0 Å². The molecule has 2 N–H and O–H groups in total. The predicted octanol–water partition coefficient (Wildman–Crippen LogP) is 4.90. The van der Waals surface area contributed by atoms with Crippen LogP contribution in [0.3, 0.4) is 0 Å². The number of hydrogen-bond acceptors (Lipinski definition) is 1. The van der Waals surface area contributed by atoms with Crippen molar-refractivity contribution in [2.75, 3.05) is 10.6 Å². The number of hydrogen-bond donors (Lipinski definition) is 2. The zero-order valence-electron chi connectivity index (χ0n) is 11.1. The summed E-state index contributed by atoms with van der Waals surface area (Å²) in [7, 11) is 0. The molecule has 104 valence electrons. The van der Waals surface area contributed by atoms with E-state index in [4.69, 9.17) is 23.8 Å². The van der Waals surface area contributed by atoms with Gasteiger partial charge >= 0.3 is 0 Å². The van der Waals surface area contributed by atoms with Crippen LogP contribution in [0, 0.1) is 19.7 Å². The summed E-state index contributed by atoms with van der Waals surface area (Å²) in [6.07, 6.45) is 0. The van der Waals surface area contributed by atoms with E-state index in [-0.39, 0.29) is 5.82 Å². The summed E-state index contributed by atoms with van der Waals surface area (Å²) in [5.74, 6) is -0.272. The Bertz CT molecular complexity index is 658. The van der Waals surface area contributed by atoms with Crippen LogP contribution in [0.4, 0.5) is 15.8 Å². The number of halogens is 2. The van der Waals surface area contributed by atoms with E-state index in [1.807, 2.05) is 25.1 Å². The molecule has 0 aliphatic carbocycles. The second-order valence-electron chi connectivity index (χ2n) is 4.53. The average Bonchev–Trinajstić information content (AvgIpc) is 2.37. The minimum absolute atomic E-state index is 0.272. The molecule has 0 radical (unpaired) electrons. The molecule has 2 rings (SSSR count). The maximum absolute atomic E-state index is 13.4. The third kappa shape index (κ3) is 3.68. The minimum atomic E-state index is -0.272. The molecule has 2 aromatic rings. The van der Waals surface area contributed by atoms with Gasteiger partial charge in [0.05, 0.1) is 10.7 Å². The van der Waals surface area contributed by atoms with Gasteiger partial charge in [-0.1, -0.05) is 23.7 Å². The molecule has 0 saturated carbocycles. The molecule has 0 aromatic heterocycles. The molecule has 0 aliphatic heterocycles. The molecule has 0 unspecified atom stereocenters. The Morgan fingerprint density at radius 3 is 2.50 bits per heavy atom. The largest absolute Gasteiger partial charge is 0.332 e. The second-order valence-corrected chi connectivity index (χ2v) is 5.34. The summed E-state index contributed by atoms with van der Waals surface area (Å²) in [6.45, 7) is 3.67. The molecular formula is C15H14ClFN2S. The predicted molar refractivity (Wildman–Crippen MR) is 87.2 cm³/mol. The second kappa shape index (κ2) is 6.20. The fourth-order valence-corrected chi connectivity index (χ4v) is 2.19. The van der Waals surface area contributed by atoms with E-state index in [1.165, 1.54) is 6.07 Å². The normalized spacial score (nSPS) is 10.2. The molecule has 0 heterocycles. The van der Waals surface area contributed by atoms with Crippen LogP contribution in [-0.4, -0.2) is 5.11 Å². The van der Waals surface area contributed by atoms with Crippen molar-refractivity contribution in [2.45, 2.75) is 13.8 Å². The van der Waals surface area contributed by atoms with Crippen LogP contribution in [0.5, 0.6) is 0 Å². The molecule has 0 spiro atoms. The van der Waals surface area contributed by atoms with Crippen LogP contribution in [0.15, 0.2) is 36.4 Å². The van der Waals surface area contributed by atoms with Crippen LogP contribution >= 0.6 is 23.8 Å². The fraction of sp³-hybridized carbons (Fsp3) is 0.133. The number of nitrogens with one attached hydrogen (secondary N) is 2. The third-order valence-corrected chi connectivity index (χ3v) is 3.32. The lowest BCUT2D eigenvalue weighted by atomic mass is 10.2. The molecular weight excluding hydrogens is 295 g/mol. The van der Waals surface area contributed by atoms with Gasteiger partial charge in [0.2, 0.25) is 0 Å². The lowest BCUT2D eigenvalue weighted by molar-refractivity contribution is 0.619. The summed E-state index contributed by atoms with van der Waals surface area (Å²) in [4.78, 5) is 0. The first kappa shape index (κ1) is 14.8. The Kier molecular flexibility index (Phi) is 4.57. The van der Waals surface area contributed by atoms with Crippen LogP contribution in [0.2, 0.25) is 5.02 Å². The van der Waals surface area contributed by atoms with E-state index >= 15 is 0 Å². The van der Waals surface area contributed by atoms with Crippen molar-refractivity contribution in [3.63, 3.8) is 0 Å². The zero-order valence-corrected chi connectivity index (χ0v) is 12.7. The van der Waals surface area contributed by atoms with Crippen LogP contribution in [0.25, 0.3) is 0 Å². The van der Waals surface area contributed by atoms with Gasteiger partial charge in [0.15, 0.2) is 5.11 Å². The van der Waals surface area contributed by atoms with E-state index in [0.29, 0.717) is 27.1 Å². The number of rotatable bonds is 2. The van der Waals surface area contributed by atoms with Crippen molar-refractivity contribution in [3.8, 4) is 0 Å². The van der Waals surface area contributed by atoms with E-state index in [0.717, 1.165) is 5.56 Å². The standard InChI is InChI=1S/C15H14ClFN2S/c1-9-3-6-14(12(16)7-9)19-15(20)18-11-5-4-10(2)13(17)8-11/h3-8H,1-2H3,(H2,18,19,20). The summed E-state index contributed by atoms with van der Waals surface area (Å²) in [5.41, 5.74) is 2.97. The minimum Gasteiger partial charge on any atom is -0.332 e. The lowest BCUT2D eigenvalue weighted by Gasteiger charge is -2.12. The highest BCUT2D eigenvalue weighted by Gasteiger charge is 2.05. The number of anilines is 2. The smallest absolute Gasteiger partial charge is 0.175 e. The highest BCUT2D eigenvalue weighted by molar-refractivity contribution is 7.80. The highest BCUT2D eigenvalue weighted by atomic mass is 35.5. The quantitative estimate of drug-likeness (QED) is 0.771. The molecule has 0 atom stereocenters. The summed E-state index contributed by atoms with van der Waals surface area (Å²) in [6, 6.07) is 10.5. The van der Waals surface area contributed by atoms with Gasteiger partial charge in [0, 0.05) is 5.69 Å². The van der Waals surface area contributed by atoms with Crippen LogP contribution in [0.1, 0.15) is 11.1 Å². The van der Waals surface area contributed by atoms with Gasteiger partial charge in [0.25, 0.3) is 0 Å². The van der Waals surface area contributed by atoms with Crippen molar-refractivity contribution in [1.29, 1.82) is 0 Å². The van der Waals surface area contributed by atoms with Crippen molar-refractivity contribution < 1.29 is 4.39 Å². The first-order valence-corrected chi connectivity index (χ1v) is 6.84. The van der Waals surface area contributed by atoms with Crippen molar-refractivity contribution in [3.05, 3.63) is 58.4 Å². The van der Waals surface area contributed by atoms with Crippen molar-refractivity contribution >= 4 is 40.3 Å². The maximum atomic E-state index is 13.4. The van der Waals surface area contributed by atoms with Crippen molar-refractivity contribution in [1.82, 2.24) is 0 Å². The third-order valence-electron chi connectivity index (χ3n) is 2.80. The van der Waals surface area contributed by atoms with Crippen LogP contribution in [-0.2, 0) is 0 Å².